The zero-order valence-electron chi connectivity index (χ0n) is 18.3. The minimum absolute atomic E-state index is 0.0638. The molecule has 1 amide bonds. The summed E-state index contributed by atoms with van der Waals surface area (Å²) in [5, 5.41) is 4.42. The molecule has 30 heavy (non-hydrogen) atoms. The molecule has 0 fully saturated rings. The van der Waals surface area contributed by atoms with Gasteiger partial charge in [-0.25, -0.2) is 0 Å². The van der Waals surface area contributed by atoms with Gasteiger partial charge < -0.3 is 18.8 Å². The average molecular weight is 433 g/mol. The summed E-state index contributed by atoms with van der Waals surface area (Å²) in [7, 11) is 3.20. The molecule has 0 atom stereocenters. The summed E-state index contributed by atoms with van der Waals surface area (Å²) in [5.41, 5.74) is 2.18. The highest BCUT2D eigenvalue weighted by molar-refractivity contribution is 7.16. The van der Waals surface area contributed by atoms with Crippen LogP contribution in [0.25, 0.3) is 10.2 Å². The van der Waals surface area contributed by atoms with Gasteiger partial charge in [-0.2, -0.15) is 10.1 Å². The van der Waals surface area contributed by atoms with E-state index >= 15 is 0 Å². The Kier molecular flexibility index (Phi) is 6.94. The van der Waals surface area contributed by atoms with Crippen LogP contribution in [0.1, 0.15) is 43.0 Å². The number of aryl methyl sites for hydroxylation is 1. The highest BCUT2D eigenvalue weighted by Crippen LogP contribution is 2.33. The van der Waals surface area contributed by atoms with E-state index in [-0.39, 0.29) is 11.9 Å². The van der Waals surface area contributed by atoms with E-state index in [1.807, 2.05) is 44.4 Å². The fraction of sp³-hybridized carbons (Fsp3) is 0.476. The van der Waals surface area contributed by atoms with Crippen LogP contribution in [0.4, 0.5) is 0 Å². The molecule has 0 aliphatic rings. The average Bonchev–Trinajstić information content (AvgIpc) is 3.27. The quantitative estimate of drug-likeness (QED) is 0.508. The van der Waals surface area contributed by atoms with Gasteiger partial charge in [-0.3, -0.25) is 9.48 Å². The number of benzene rings is 1. The lowest BCUT2D eigenvalue weighted by atomic mass is 10.3. The van der Waals surface area contributed by atoms with Gasteiger partial charge in [-0.1, -0.05) is 11.3 Å². The minimum atomic E-state index is -0.319. The lowest BCUT2D eigenvalue weighted by molar-refractivity contribution is 0.0984. The van der Waals surface area contributed by atoms with Gasteiger partial charge in [-0.05, 0) is 33.8 Å². The maximum atomic E-state index is 13.0. The van der Waals surface area contributed by atoms with Crippen LogP contribution in [0.3, 0.4) is 0 Å². The third-order valence-electron chi connectivity index (χ3n) is 4.61. The van der Waals surface area contributed by atoms with E-state index in [0.29, 0.717) is 41.8 Å². The molecule has 0 N–H and O–H groups in total. The topological polar surface area (TPSA) is 79.9 Å². The molecule has 0 saturated heterocycles. The van der Waals surface area contributed by atoms with Crippen LogP contribution in [-0.2, 0) is 11.3 Å². The summed E-state index contributed by atoms with van der Waals surface area (Å²) < 4.78 is 21.1. The molecular weight excluding hydrogens is 404 g/mol. The Bertz CT molecular complexity index is 1110. The summed E-state index contributed by atoms with van der Waals surface area (Å²) in [4.78, 5) is 18.1. The van der Waals surface area contributed by atoms with Crippen LogP contribution in [0.5, 0.6) is 11.5 Å². The molecule has 2 aromatic heterocycles. The number of hydrogen-bond donors (Lipinski definition) is 0. The van der Waals surface area contributed by atoms with E-state index in [4.69, 9.17) is 14.2 Å². The molecule has 0 spiro atoms. The highest BCUT2D eigenvalue weighted by Gasteiger charge is 2.17. The monoisotopic (exact) mass is 432 g/mol. The fourth-order valence-corrected chi connectivity index (χ4v) is 4.28. The van der Waals surface area contributed by atoms with Crippen molar-refractivity contribution in [3.63, 3.8) is 0 Å². The number of hydrogen-bond acceptors (Lipinski definition) is 6. The second-order valence-electron chi connectivity index (χ2n) is 7.03. The summed E-state index contributed by atoms with van der Waals surface area (Å²) in [5.74, 6) is 0.939. The first kappa shape index (κ1) is 22.0. The summed E-state index contributed by atoms with van der Waals surface area (Å²) in [6.07, 6.45) is 0. The molecule has 9 heteroatoms. The Hall–Kier alpha value is -2.65. The zero-order valence-corrected chi connectivity index (χ0v) is 19.1. The standard InChI is InChI=1S/C21H28N4O4S/c1-7-29-9-8-24-15-11-17(27-5)18(28-6)12-19(15)30-21(24)22-20(26)16-10-14(4)23-25(16)13(2)3/h10-13H,7-9H2,1-6H3. The second-order valence-corrected chi connectivity index (χ2v) is 8.04. The number of rotatable bonds is 8. The Morgan fingerprint density at radius 3 is 2.53 bits per heavy atom. The van der Waals surface area contributed by atoms with Gasteiger partial charge in [0.25, 0.3) is 5.91 Å². The van der Waals surface area contributed by atoms with Crippen LogP contribution < -0.4 is 14.3 Å². The smallest absolute Gasteiger partial charge is 0.297 e. The molecule has 0 bridgehead atoms. The van der Waals surface area contributed by atoms with Crippen LogP contribution in [0.15, 0.2) is 23.2 Å². The first-order chi connectivity index (χ1) is 14.4. The highest BCUT2D eigenvalue weighted by atomic mass is 32.1. The number of methoxy groups -OCH3 is 2. The number of nitrogens with zero attached hydrogens (tertiary/aromatic N) is 4. The number of carbonyl (C=O) groups is 1. The number of aromatic nitrogens is 3. The largest absolute Gasteiger partial charge is 0.493 e. The molecular formula is C21H28N4O4S. The van der Waals surface area contributed by atoms with Gasteiger partial charge in [0.05, 0.1) is 36.7 Å². The van der Waals surface area contributed by atoms with E-state index in [9.17, 15) is 4.79 Å². The number of ether oxygens (including phenoxy) is 3. The van der Waals surface area contributed by atoms with Crippen molar-refractivity contribution in [1.82, 2.24) is 14.3 Å². The van der Waals surface area contributed by atoms with Gasteiger partial charge in [0.1, 0.15) is 5.69 Å². The van der Waals surface area contributed by atoms with E-state index < -0.39 is 0 Å². The molecule has 162 valence electrons. The first-order valence-electron chi connectivity index (χ1n) is 9.87. The van der Waals surface area contributed by atoms with Gasteiger partial charge in [-0.15, -0.1) is 0 Å². The van der Waals surface area contributed by atoms with Crippen molar-refractivity contribution < 1.29 is 19.0 Å². The maximum Gasteiger partial charge on any atom is 0.297 e. The Morgan fingerprint density at radius 2 is 1.90 bits per heavy atom. The summed E-state index contributed by atoms with van der Waals surface area (Å²) in [6.45, 7) is 9.51. The molecule has 3 aromatic rings. The molecule has 0 aliphatic carbocycles. The number of fused-ring (bicyclic) bond motifs is 1. The van der Waals surface area contributed by atoms with Crippen LogP contribution >= 0.6 is 11.3 Å². The molecule has 1 aromatic carbocycles. The van der Waals surface area contributed by atoms with Crippen LogP contribution in [0.2, 0.25) is 0 Å². The Morgan fingerprint density at radius 1 is 1.20 bits per heavy atom. The lowest BCUT2D eigenvalue weighted by Gasteiger charge is -2.10. The SMILES string of the molecule is CCOCCn1c(=NC(=O)c2cc(C)nn2C(C)C)sc2cc(OC)c(OC)cc21. The first-order valence-corrected chi connectivity index (χ1v) is 10.7. The summed E-state index contributed by atoms with van der Waals surface area (Å²) in [6, 6.07) is 5.65. The lowest BCUT2D eigenvalue weighted by Crippen LogP contribution is -2.21. The predicted octanol–water partition coefficient (Wildman–Crippen LogP) is 3.58. The van der Waals surface area contributed by atoms with Crippen molar-refractivity contribution in [1.29, 1.82) is 0 Å². The second kappa shape index (κ2) is 9.44. The van der Waals surface area contributed by atoms with Gasteiger partial charge in [0, 0.05) is 31.3 Å². The van der Waals surface area contributed by atoms with Crippen LogP contribution in [0, 0.1) is 6.92 Å². The predicted molar refractivity (Wildman–Crippen MR) is 117 cm³/mol. The normalized spacial score (nSPS) is 12.2. The molecule has 0 unspecified atom stereocenters. The fourth-order valence-electron chi connectivity index (χ4n) is 3.21. The molecule has 0 saturated carbocycles. The molecule has 0 aliphatic heterocycles. The van der Waals surface area contributed by atoms with E-state index in [1.165, 1.54) is 11.3 Å². The van der Waals surface area contributed by atoms with E-state index in [2.05, 4.69) is 10.1 Å². The van der Waals surface area contributed by atoms with Crippen LogP contribution in [-0.4, -0.2) is 47.7 Å². The van der Waals surface area contributed by atoms with Crippen molar-refractivity contribution in [3.8, 4) is 11.5 Å². The minimum Gasteiger partial charge on any atom is -0.493 e. The van der Waals surface area contributed by atoms with Crippen molar-refractivity contribution >= 4 is 27.5 Å². The Balaban J connectivity index is 2.15. The third-order valence-corrected chi connectivity index (χ3v) is 5.66. The molecule has 8 nitrogen and oxygen atoms in total. The van der Waals surface area contributed by atoms with E-state index in [0.717, 1.165) is 15.9 Å². The van der Waals surface area contributed by atoms with E-state index in [1.54, 1.807) is 25.0 Å². The van der Waals surface area contributed by atoms with Crippen molar-refractivity contribution in [3.05, 3.63) is 34.4 Å². The number of thiazole rings is 1. The third kappa shape index (κ3) is 4.41. The van der Waals surface area contributed by atoms with Crippen molar-refractivity contribution in [2.75, 3.05) is 27.4 Å². The molecule has 2 heterocycles. The van der Waals surface area contributed by atoms with Crippen molar-refractivity contribution in [2.45, 2.75) is 40.3 Å². The summed E-state index contributed by atoms with van der Waals surface area (Å²) >= 11 is 1.43. The number of carbonyl (C=O) groups excluding carboxylic acids is 1. The van der Waals surface area contributed by atoms with Gasteiger partial charge in [0.15, 0.2) is 16.3 Å². The van der Waals surface area contributed by atoms with Gasteiger partial charge >= 0.3 is 0 Å². The molecule has 0 radical (unpaired) electrons. The molecule has 3 rings (SSSR count). The zero-order chi connectivity index (χ0) is 21.8. The maximum absolute atomic E-state index is 13.0. The Labute approximate surface area is 179 Å². The van der Waals surface area contributed by atoms with Gasteiger partial charge in [0.2, 0.25) is 0 Å². The van der Waals surface area contributed by atoms with Crippen molar-refractivity contribution in [2.24, 2.45) is 4.99 Å². The number of amides is 1.